The molecule has 0 aliphatic heterocycles. The van der Waals surface area contributed by atoms with Crippen molar-refractivity contribution in [1.29, 1.82) is 0 Å². The van der Waals surface area contributed by atoms with Crippen molar-refractivity contribution >= 4 is 32.5 Å². The number of carbonyl (C=O) groups is 1. The Hall–Kier alpha value is -2.15. The van der Waals surface area contributed by atoms with Crippen molar-refractivity contribution in [3.05, 3.63) is 36.5 Å². The van der Waals surface area contributed by atoms with Crippen LogP contribution in [0, 0.1) is 0 Å². The fraction of sp³-hybridized carbons (Fsp3) is 0.333. The molecule has 0 saturated carbocycles. The molecule has 2 aromatic rings. The van der Waals surface area contributed by atoms with Crippen molar-refractivity contribution in [1.82, 2.24) is 10.3 Å². The second-order valence-corrected chi connectivity index (χ2v) is 6.80. The van der Waals surface area contributed by atoms with E-state index in [1.165, 1.54) is 4.31 Å². The lowest BCUT2D eigenvalue weighted by molar-refractivity contribution is -0.120. The molecule has 0 aliphatic rings. The van der Waals surface area contributed by atoms with Crippen molar-refractivity contribution < 1.29 is 13.2 Å². The molecule has 118 valence electrons. The van der Waals surface area contributed by atoms with Crippen LogP contribution in [-0.4, -0.2) is 38.7 Å². The van der Waals surface area contributed by atoms with Crippen LogP contribution in [0.4, 0.5) is 5.69 Å². The molecule has 1 aromatic heterocycles. The first-order chi connectivity index (χ1) is 10.4. The average Bonchev–Trinajstić information content (AvgIpc) is 2.49. The summed E-state index contributed by atoms with van der Waals surface area (Å²) < 4.78 is 25.5. The molecule has 0 atom stereocenters. The van der Waals surface area contributed by atoms with E-state index in [0.29, 0.717) is 17.6 Å². The van der Waals surface area contributed by atoms with E-state index >= 15 is 0 Å². The van der Waals surface area contributed by atoms with Gasteiger partial charge in [-0.15, -0.1) is 0 Å². The van der Waals surface area contributed by atoms with Crippen LogP contribution in [0.25, 0.3) is 10.9 Å². The minimum Gasteiger partial charge on any atom is -0.354 e. The number of fused-ring (bicyclic) bond motifs is 1. The summed E-state index contributed by atoms with van der Waals surface area (Å²) in [5, 5.41) is 3.55. The van der Waals surface area contributed by atoms with Gasteiger partial charge in [-0.05, 0) is 12.1 Å². The number of nitrogens with zero attached hydrogens (tertiary/aromatic N) is 2. The van der Waals surface area contributed by atoms with Crippen LogP contribution in [0.3, 0.4) is 0 Å². The standard InChI is InChI=1S/C15H19N3O3S/c1-3-14(19)16-10-11-18(22(2,20)21)13-8-4-6-12-7-5-9-17-15(12)13/h4-9H,3,10-11H2,1-2H3,(H,16,19). The zero-order chi connectivity index (χ0) is 16.2. The van der Waals surface area contributed by atoms with Crippen LogP contribution >= 0.6 is 0 Å². The molecule has 0 bridgehead atoms. The Bertz CT molecular complexity index is 769. The first kappa shape index (κ1) is 16.2. The number of para-hydroxylation sites is 1. The number of hydrogen-bond acceptors (Lipinski definition) is 4. The molecule has 0 unspecified atom stereocenters. The van der Waals surface area contributed by atoms with Crippen molar-refractivity contribution in [3.8, 4) is 0 Å². The number of amides is 1. The van der Waals surface area contributed by atoms with E-state index in [-0.39, 0.29) is 19.0 Å². The zero-order valence-electron chi connectivity index (χ0n) is 12.6. The van der Waals surface area contributed by atoms with Crippen LogP contribution in [0.15, 0.2) is 36.5 Å². The predicted octanol–water partition coefficient (Wildman–Crippen LogP) is 1.53. The molecular weight excluding hydrogens is 302 g/mol. The van der Waals surface area contributed by atoms with E-state index in [4.69, 9.17) is 0 Å². The van der Waals surface area contributed by atoms with Crippen molar-refractivity contribution in [3.63, 3.8) is 0 Å². The monoisotopic (exact) mass is 321 g/mol. The van der Waals surface area contributed by atoms with Crippen LogP contribution < -0.4 is 9.62 Å². The summed E-state index contributed by atoms with van der Waals surface area (Å²) in [5.74, 6) is -0.107. The van der Waals surface area contributed by atoms with Gasteiger partial charge in [0.05, 0.1) is 24.0 Å². The Kier molecular flexibility index (Phi) is 4.97. The van der Waals surface area contributed by atoms with E-state index < -0.39 is 10.0 Å². The fourth-order valence-corrected chi connectivity index (χ4v) is 3.10. The van der Waals surface area contributed by atoms with Crippen LogP contribution in [0.1, 0.15) is 13.3 Å². The van der Waals surface area contributed by atoms with Gasteiger partial charge in [0.1, 0.15) is 0 Å². The molecule has 0 spiro atoms. The third-order valence-corrected chi connectivity index (χ3v) is 4.42. The number of sulfonamides is 1. The minimum atomic E-state index is -3.47. The summed E-state index contributed by atoms with van der Waals surface area (Å²) in [7, 11) is -3.47. The SMILES string of the molecule is CCC(=O)NCCN(c1cccc2cccnc12)S(C)(=O)=O. The van der Waals surface area contributed by atoms with E-state index in [1.807, 2.05) is 12.1 Å². The number of nitrogens with one attached hydrogen (secondary N) is 1. The van der Waals surface area contributed by atoms with E-state index in [0.717, 1.165) is 11.6 Å². The first-order valence-electron chi connectivity index (χ1n) is 7.01. The maximum atomic E-state index is 12.1. The van der Waals surface area contributed by atoms with Gasteiger partial charge in [0.25, 0.3) is 0 Å². The number of pyridine rings is 1. The van der Waals surface area contributed by atoms with E-state index in [2.05, 4.69) is 10.3 Å². The number of carbonyl (C=O) groups excluding carboxylic acids is 1. The lowest BCUT2D eigenvalue weighted by Gasteiger charge is -2.23. The molecule has 0 aliphatic carbocycles. The fourth-order valence-electron chi connectivity index (χ4n) is 2.18. The molecule has 0 radical (unpaired) electrons. The molecule has 0 saturated heterocycles. The van der Waals surface area contributed by atoms with Gasteiger partial charge in [0.2, 0.25) is 15.9 Å². The van der Waals surface area contributed by atoms with Crippen molar-refractivity contribution in [2.75, 3.05) is 23.7 Å². The lowest BCUT2D eigenvalue weighted by Crippen LogP contribution is -2.38. The second-order valence-electron chi connectivity index (χ2n) is 4.89. The predicted molar refractivity (Wildman–Crippen MR) is 87.2 cm³/mol. The Morgan fingerprint density at radius 2 is 2.00 bits per heavy atom. The second kappa shape index (κ2) is 6.74. The molecule has 1 amide bonds. The van der Waals surface area contributed by atoms with E-state index in [1.54, 1.807) is 31.3 Å². The number of aromatic nitrogens is 1. The topological polar surface area (TPSA) is 79.4 Å². The van der Waals surface area contributed by atoms with Gasteiger partial charge in [-0.2, -0.15) is 0 Å². The molecule has 2 rings (SSSR count). The maximum absolute atomic E-state index is 12.1. The van der Waals surface area contributed by atoms with Gasteiger partial charge < -0.3 is 5.32 Å². The minimum absolute atomic E-state index is 0.107. The highest BCUT2D eigenvalue weighted by atomic mass is 32.2. The van der Waals surface area contributed by atoms with Gasteiger partial charge in [-0.3, -0.25) is 14.1 Å². The summed E-state index contributed by atoms with van der Waals surface area (Å²) in [6, 6.07) is 9.08. The molecule has 22 heavy (non-hydrogen) atoms. The third kappa shape index (κ3) is 3.73. The van der Waals surface area contributed by atoms with Crippen molar-refractivity contribution in [2.24, 2.45) is 0 Å². The Morgan fingerprint density at radius 1 is 1.27 bits per heavy atom. The Labute approximate surface area is 130 Å². The average molecular weight is 321 g/mol. The van der Waals surface area contributed by atoms with Gasteiger partial charge in [0.15, 0.2) is 0 Å². The zero-order valence-corrected chi connectivity index (χ0v) is 13.4. The molecular formula is C15H19N3O3S. The number of hydrogen-bond donors (Lipinski definition) is 1. The lowest BCUT2D eigenvalue weighted by atomic mass is 10.2. The molecule has 1 aromatic carbocycles. The Balaban J connectivity index is 2.34. The van der Waals surface area contributed by atoms with Crippen LogP contribution in [0.2, 0.25) is 0 Å². The van der Waals surface area contributed by atoms with Gasteiger partial charge in [-0.25, -0.2) is 8.42 Å². The Morgan fingerprint density at radius 3 is 2.68 bits per heavy atom. The summed E-state index contributed by atoms with van der Waals surface area (Å²) in [6.07, 6.45) is 3.15. The highest BCUT2D eigenvalue weighted by molar-refractivity contribution is 7.92. The maximum Gasteiger partial charge on any atom is 0.232 e. The number of rotatable bonds is 6. The van der Waals surface area contributed by atoms with Crippen LogP contribution in [-0.2, 0) is 14.8 Å². The molecule has 6 nitrogen and oxygen atoms in total. The van der Waals surface area contributed by atoms with Gasteiger partial charge in [0, 0.05) is 24.5 Å². The summed E-state index contributed by atoms with van der Waals surface area (Å²) in [4.78, 5) is 15.6. The molecule has 1 heterocycles. The normalized spacial score (nSPS) is 11.4. The first-order valence-corrected chi connectivity index (χ1v) is 8.86. The summed E-state index contributed by atoms with van der Waals surface area (Å²) in [5.41, 5.74) is 1.14. The largest absolute Gasteiger partial charge is 0.354 e. The molecule has 1 N–H and O–H groups in total. The molecule has 7 heteroatoms. The smallest absolute Gasteiger partial charge is 0.232 e. The highest BCUT2D eigenvalue weighted by Crippen LogP contribution is 2.26. The number of benzene rings is 1. The quantitative estimate of drug-likeness (QED) is 0.875. The van der Waals surface area contributed by atoms with Crippen LogP contribution in [0.5, 0.6) is 0 Å². The van der Waals surface area contributed by atoms with Gasteiger partial charge in [-0.1, -0.05) is 25.1 Å². The van der Waals surface area contributed by atoms with E-state index in [9.17, 15) is 13.2 Å². The molecule has 0 fully saturated rings. The summed E-state index contributed by atoms with van der Waals surface area (Å²) in [6.45, 7) is 2.17. The summed E-state index contributed by atoms with van der Waals surface area (Å²) >= 11 is 0. The van der Waals surface area contributed by atoms with Gasteiger partial charge >= 0.3 is 0 Å². The van der Waals surface area contributed by atoms with Crippen molar-refractivity contribution in [2.45, 2.75) is 13.3 Å². The number of anilines is 1. The highest BCUT2D eigenvalue weighted by Gasteiger charge is 2.19. The third-order valence-electron chi connectivity index (χ3n) is 3.24.